The van der Waals surface area contributed by atoms with Crippen molar-refractivity contribution in [1.29, 1.82) is 5.41 Å². The van der Waals surface area contributed by atoms with Gasteiger partial charge in [-0.1, -0.05) is 54.6 Å². The number of nitrogens with one attached hydrogen (secondary N) is 1. The van der Waals surface area contributed by atoms with Gasteiger partial charge in [-0.3, -0.25) is 15.5 Å². The molecule has 3 heterocycles. The van der Waals surface area contributed by atoms with Gasteiger partial charge in [-0.05, 0) is 24.0 Å². The Bertz CT molecular complexity index is 1120. The Morgan fingerprint density at radius 2 is 1.84 bits per heavy atom. The van der Waals surface area contributed by atoms with Gasteiger partial charge in [0, 0.05) is 42.3 Å². The highest BCUT2D eigenvalue weighted by Crippen LogP contribution is 2.42. The van der Waals surface area contributed by atoms with Crippen molar-refractivity contribution in [2.24, 2.45) is 5.92 Å². The number of piperidine rings is 1. The molecule has 2 aliphatic rings. The highest BCUT2D eigenvalue weighted by atomic mass is 16.6. The van der Waals surface area contributed by atoms with E-state index in [1.807, 2.05) is 48.7 Å². The Balaban J connectivity index is 1.26. The normalized spacial score (nSPS) is 18.8. The third-order valence-electron chi connectivity index (χ3n) is 7.01. The standard InChI is InChI=1S/C25H27N5O2/c26-25(14-18-6-2-1-3-7-18)28-12-10-19(11-13-28)22(30(31)32)15-23-20-8-4-5-9-21(20)24-16-27-17-29(23)24/h1-9,16-17,19,22-23,26H,10-15H2. The fourth-order valence-electron chi connectivity index (χ4n) is 5.31. The SMILES string of the molecule is N=C(Cc1ccccc1)N1CCC(C(CC2c3ccccc3-c3cncn32)[N+](=O)[O-])CC1. The first kappa shape index (κ1) is 20.4. The maximum Gasteiger partial charge on any atom is 0.218 e. The first-order chi connectivity index (χ1) is 15.6. The molecule has 1 aromatic heterocycles. The largest absolute Gasteiger partial charge is 0.360 e. The van der Waals surface area contributed by atoms with E-state index < -0.39 is 6.04 Å². The number of aromatic nitrogens is 2. The molecule has 2 atom stereocenters. The molecule has 0 radical (unpaired) electrons. The number of hydrogen-bond acceptors (Lipinski definition) is 4. The minimum atomic E-state index is -0.605. The lowest BCUT2D eigenvalue weighted by Crippen LogP contribution is -2.43. The summed E-state index contributed by atoms with van der Waals surface area (Å²) in [6.07, 6.45) is 6.20. The average Bonchev–Trinajstić information content (AvgIpc) is 3.40. The molecule has 2 unspecified atom stereocenters. The van der Waals surface area contributed by atoms with Gasteiger partial charge >= 0.3 is 0 Å². The minimum Gasteiger partial charge on any atom is -0.360 e. The van der Waals surface area contributed by atoms with E-state index in [1.165, 1.54) is 0 Å². The van der Waals surface area contributed by atoms with Gasteiger partial charge in [0.05, 0.1) is 24.3 Å². The Morgan fingerprint density at radius 3 is 2.59 bits per heavy atom. The lowest BCUT2D eigenvalue weighted by molar-refractivity contribution is -0.535. The van der Waals surface area contributed by atoms with E-state index in [4.69, 9.17) is 5.41 Å². The first-order valence-corrected chi connectivity index (χ1v) is 11.2. The van der Waals surface area contributed by atoms with E-state index in [2.05, 4.69) is 26.6 Å². The molecule has 0 amide bonds. The molecule has 164 valence electrons. The summed E-state index contributed by atoms with van der Waals surface area (Å²) in [6, 6.07) is 17.5. The molecule has 3 aromatic rings. The zero-order valence-corrected chi connectivity index (χ0v) is 17.9. The topological polar surface area (TPSA) is 88.1 Å². The lowest BCUT2D eigenvalue weighted by atomic mass is 9.84. The Morgan fingerprint density at radius 1 is 1.12 bits per heavy atom. The second-order valence-corrected chi connectivity index (χ2v) is 8.81. The minimum absolute atomic E-state index is 0.0190. The van der Waals surface area contributed by atoms with E-state index in [9.17, 15) is 10.1 Å². The van der Waals surface area contributed by atoms with Gasteiger partial charge in [0.1, 0.15) is 5.84 Å². The summed E-state index contributed by atoms with van der Waals surface area (Å²) >= 11 is 0. The molecule has 0 spiro atoms. The fourth-order valence-corrected chi connectivity index (χ4v) is 5.31. The Labute approximate surface area is 187 Å². The van der Waals surface area contributed by atoms with Crippen LogP contribution in [0, 0.1) is 21.4 Å². The van der Waals surface area contributed by atoms with Crippen molar-refractivity contribution in [1.82, 2.24) is 14.5 Å². The van der Waals surface area contributed by atoms with Crippen LogP contribution in [-0.4, -0.2) is 44.3 Å². The van der Waals surface area contributed by atoms with Crippen LogP contribution in [0.5, 0.6) is 0 Å². The molecule has 7 heteroatoms. The van der Waals surface area contributed by atoms with Crippen LogP contribution in [-0.2, 0) is 6.42 Å². The molecule has 0 saturated carbocycles. The summed E-state index contributed by atoms with van der Waals surface area (Å²) in [4.78, 5) is 18.4. The van der Waals surface area contributed by atoms with Crippen molar-refractivity contribution >= 4 is 5.84 Å². The van der Waals surface area contributed by atoms with Crippen LogP contribution in [0.2, 0.25) is 0 Å². The van der Waals surface area contributed by atoms with Crippen molar-refractivity contribution in [3.63, 3.8) is 0 Å². The zero-order chi connectivity index (χ0) is 22.1. The molecule has 1 fully saturated rings. The van der Waals surface area contributed by atoms with Gasteiger partial charge in [-0.2, -0.15) is 0 Å². The van der Waals surface area contributed by atoms with Gasteiger partial charge in [0.15, 0.2) is 0 Å². The molecule has 2 aromatic carbocycles. The van der Waals surface area contributed by atoms with Crippen LogP contribution >= 0.6 is 0 Å². The maximum atomic E-state index is 12.1. The van der Waals surface area contributed by atoms with E-state index in [0.29, 0.717) is 31.8 Å². The van der Waals surface area contributed by atoms with Gasteiger partial charge < -0.3 is 9.47 Å². The van der Waals surface area contributed by atoms with E-state index >= 15 is 0 Å². The van der Waals surface area contributed by atoms with Gasteiger partial charge in [0.2, 0.25) is 6.04 Å². The summed E-state index contributed by atoms with van der Waals surface area (Å²) in [5.41, 5.74) is 4.44. The molecular weight excluding hydrogens is 402 g/mol. The van der Waals surface area contributed by atoms with Crippen LogP contribution in [0.1, 0.15) is 36.4 Å². The Hall–Kier alpha value is -3.48. The van der Waals surface area contributed by atoms with E-state index in [0.717, 1.165) is 35.2 Å². The third kappa shape index (κ3) is 3.79. The second-order valence-electron chi connectivity index (χ2n) is 8.81. The van der Waals surface area contributed by atoms with Crippen molar-refractivity contribution in [3.05, 3.63) is 88.4 Å². The van der Waals surface area contributed by atoms with Gasteiger partial charge in [-0.15, -0.1) is 0 Å². The number of benzene rings is 2. The quantitative estimate of drug-likeness (QED) is 0.272. The van der Waals surface area contributed by atoms with E-state index in [-0.39, 0.29) is 16.9 Å². The monoisotopic (exact) mass is 429 g/mol. The number of nitrogens with zero attached hydrogens (tertiary/aromatic N) is 4. The van der Waals surface area contributed by atoms with Crippen molar-refractivity contribution in [3.8, 4) is 11.3 Å². The molecular formula is C25H27N5O2. The smallest absolute Gasteiger partial charge is 0.218 e. The highest BCUT2D eigenvalue weighted by Gasteiger charge is 2.40. The highest BCUT2D eigenvalue weighted by molar-refractivity contribution is 5.81. The number of likely N-dealkylation sites (tertiary alicyclic amines) is 1. The molecule has 1 saturated heterocycles. The molecule has 2 aliphatic heterocycles. The van der Waals surface area contributed by atoms with Crippen LogP contribution in [0.15, 0.2) is 67.1 Å². The molecule has 1 N–H and O–H groups in total. The van der Waals surface area contributed by atoms with Crippen molar-refractivity contribution < 1.29 is 4.92 Å². The lowest BCUT2D eigenvalue weighted by Gasteiger charge is -2.35. The predicted molar refractivity (Wildman–Crippen MR) is 123 cm³/mol. The number of hydrogen-bond donors (Lipinski definition) is 1. The summed E-state index contributed by atoms with van der Waals surface area (Å²) in [5.74, 6) is 0.616. The van der Waals surface area contributed by atoms with Crippen molar-refractivity contribution in [2.75, 3.05) is 13.1 Å². The zero-order valence-electron chi connectivity index (χ0n) is 17.9. The third-order valence-corrected chi connectivity index (χ3v) is 7.01. The fraction of sp³-hybridized carbons (Fsp3) is 0.360. The summed E-state index contributed by atoms with van der Waals surface area (Å²) in [6.45, 7) is 1.41. The molecule has 32 heavy (non-hydrogen) atoms. The average molecular weight is 430 g/mol. The number of rotatable bonds is 6. The molecule has 0 aliphatic carbocycles. The molecule has 7 nitrogen and oxygen atoms in total. The van der Waals surface area contributed by atoms with Crippen LogP contribution in [0.4, 0.5) is 0 Å². The van der Waals surface area contributed by atoms with E-state index in [1.54, 1.807) is 6.33 Å². The summed E-state index contributed by atoms with van der Waals surface area (Å²) in [7, 11) is 0. The van der Waals surface area contributed by atoms with Crippen molar-refractivity contribution in [2.45, 2.75) is 37.8 Å². The predicted octanol–water partition coefficient (Wildman–Crippen LogP) is 4.42. The summed E-state index contributed by atoms with van der Waals surface area (Å²) < 4.78 is 2.09. The van der Waals surface area contributed by atoms with Gasteiger partial charge in [-0.25, -0.2) is 4.98 Å². The number of amidine groups is 1. The van der Waals surface area contributed by atoms with Crippen LogP contribution < -0.4 is 0 Å². The Kier molecular flexibility index (Phi) is 5.47. The number of fused-ring (bicyclic) bond motifs is 3. The van der Waals surface area contributed by atoms with Crippen LogP contribution in [0.25, 0.3) is 11.3 Å². The molecule has 5 rings (SSSR count). The first-order valence-electron chi connectivity index (χ1n) is 11.2. The van der Waals surface area contributed by atoms with Gasteiger partial charge in [0.25, 0.3) is 0 Å². The summed E-state index contributed by atoms with van der Waals surface area (Å²) in [5, 5.41) is 20.6. The second kappa shape index (κ2) is 8.57. The number of nitro groups is 1. The number of imidazole rings is 1. The molecule has 0 bridgehead atoms. The van der Waals surface area contributed by atoms with Crippen LogP contribution in [0.3, 0.4) is 0 Å². The maximum absolute atomic E-state index is 12.1.